The number of halogens is 1. The monoisotopic (exact) mass is 450 g/mol. The minimum atomic E-state index is -0.145. The Morgan fingerprint density at radius 1 is 1.00 bits per heavy atom. The van der Waals surface area contributed by atoms with E-state index < -0.39 is 0 Å². The van der Waals surface area contributed by atoms with Crippen molar-refractivity contribution >= 4 is 40.1 Å². The highest BCUT2D eigenvalue weighted by molar-refractivity contribution is 14.1. The van der Waals surface area contributed by atoms with Crippen LogP contribution in [0.3, 0.4) is 0 Å². The molecule has 1 aliphatic rings. The third-order valence-electron chi connectivity index (χ3n) is 4.04. The van der Waals surface area contributed by atoms with Crippen LogP contribution in [0.4, 0.5) is 5.69 Å². The molecule has 2 aromatic rings. The Balaban J connectivity index is 1.57. The molecule has 0 aliphatic carbocycles. The first kappa shape index (κ1) is 17.9. The van der Waals surface area contributed by atoms with E-state index in [4.69, 9.17) is 4.74 Å². The van der Waals surface area contributed by atoms with Crippen LogP contribution < -0.4 is 5.32 Å². The number of morpholine rings is 1. The Labute approximate surface area is 160 Å². The molecule has 2 aromatic carbocycles. The molecular weight excluding hydrogens is 431 g/mol. The van der Waals surface area contributed by atoms with Gasteiger partial charge in [0.05, 0.1) is 19.6 Å². The van der Waals surface area contributed by atoms with Gasteiger partial charge in [-0.1, -0.05) is 12.1 Å². The molecule has 3 rings (SSSR count). The van der Waals surface area contributed by atoms with Gasteiger partial charge in [0.1, 0.15) is 0 Å². The molecule has 1 fully saturated rings. The predicted molar refractivity (Wildman–Crippen MR) is 105 cm³/mol. The van der Waals surface area contributed by atoms with Gasteiger partial charge < -0.3 is 15.0 Å². The summed E-state index contributed by atoms with van der Waals surface area (Å²) < 4.78 is 6.35. The molecule has 0 atom stereocenters. The van der Waals surface area contributed by atoms with Gasteiger partial charge in [-0.2, -0.15) is 0 Å². The molecule has 1 saturated heterocycles. The molecule has 0 spiro atoms. The molecule has 0 bridgehead atoms. The van der Waals surface area contributed by atoms with E-state index in [0.717, 1.165) is 9.13 Å². The van der Waals surface area contributed by atoms with Crippen LogP contribution in [0.2, 0.25) is 0 Å². The lowest BCUT2D eigenvalue weighted by atomic mass is 10.1. The standard InChI is InChI=1S/C19H19IN2O3/c20-16-5-3-15(4-6-16)19(24)21-17-7-1-14(2-8-17)13-18(23)22-9-11-25-12-10-22/h1-8H,9-13H2,(H,21,24). The van der Waals surface area contributed by atoms with Gasteiger partial charge in [-0.3, -0.25) is 9.59 Å². The summed E-state index contributed by atoms with van der Waals surface area (Å²) >= 11 is 2.20. The van der Waals surface area contributed by atoms with E-state index in [-0.39, 0.29) is 11.8 Å². The maximum absolute atomic E-state index is 12.2. The van der Waals surface area contributed by atoms with Crippen LogP contribution in [0.15, 0.2) is 48.5 Å². The number of anilines is 1. The van der Waals surface area contributed by atoms with Gasteiger partial charge in [0.15, 0.2) is 0 Å². The van der Waals surface area contributed by atoms with E-state index in [1.165, 1.54) is 0 Å². The van der Waals surface area contributed by atoms with Crippen LogP contribution in [0, 0.1) is 3.57 Å². The zero-order valence-electron chi connectivity index (χ0n) is 13.7. The summed E-state index contributed by atoms with van der Waals surface area (Å²) in [4.78, 5) is 26.3. The van der Waals surface area contributed by atoms with Gasteiger partial charge in [0.2, 0.25) is 5.91 Å². The number of ether oxygens (including phenoxy) is 1. The van der Waals surface area contributed by atoms with E-state index in [1.807, 2.05) is 41.3 Å². The number of rotatable bonds is 4. The van der Waals surface area contributed by atoms with E-state index in [9.17, 15) is 9.59 Å². The quantitative estimate of drug-likeness (QED) is 0.730. The van der Waals surface area contributed by atoms with Crippen molar-refractivity contribution in [3.05, 3.63) is 63.2 Å². The van der Waals surface area contributed by atoms with E-state index in [0.29, 0.717) is 44.0 Å². The van der Waals surface area contributed by atoms with Crippen molar-refractivity contribution in [2.45, 2.75) is 6.42 Å². The summed E-state index contributed by atoms with van der Waals surface area (Å²) in [6, 6.07) is 14.8. The average molecular weight is 450 g/mol. The Kier molecular flexibility index (Phi) is 6.04. The number of hydrogen-bond donors (Lipinski definition) is 1. The summed E-state index contributed by atoms with van der Waals surface area (Å²) in [6.07, 6.45) is 0.366. The zero-order chi connectivity index (χ0) is 17.6. The minimum absolute atomic E-state index is 0.110. The fourth-order valence-electron chi connectivity index (χ4n) is 2.61. The molecule has 1 N–H and O–H groups in total. The highest BCUT2D eigenvalue weighted by Gasteiger charge is 2.16. The van der Waals surface area contributed by atoms with Crippen molar-refractivity contribution in [2.75, 3.05) is 31.6 Å². The molecule has 5 nitrogen and oxygen atoms in total. The third-order valence-corrected chi connectivity index (χ3v) is 4.76. The zero-order valence-corrected chi connectivity index (χ0v) is 15.9. The highest BCUT2D eigenvalue weighted by Crippen LogP contribution is 2.14. The number of nitrogens with one attached hydrogen (secondary N) is 1. The number of nitrogens with zero attached hydrogens (tertiary/aromatic N) is 1. The second-order valence-electron chi connectivity index (χ2n) is 5.83. The van der Waals surface area contributed by atoms with Crippen LogP contribution in [0.1, 0.15) is 15.9 Å². The average Bonchev–Trinajstić information content (AvgIpc) is 2.64. The Bertz CT molecular complexity index is 738. The molecular formula is C19H19IN2O3. The Morgan fingerprint density at radius 2 is 1.64 bits per heavy atom. The molecule has 6 heteroatoms. The lowest BCUT2D eigenvalue weighted by Gasteiger charge is -2.26. The first-order valence-electron chi connectivity index (χ1n) is 8.13. The SMILES string of the molecule is O=C(Nc1ccc(CC(=O)N2CCOCC2)cc1)c1ccc(I)cc1. The Hall–Kier alpha value is -1.93. The van der Waals surface area contributed by atoms with Gasteiger partial charge in [0, 0.05) is 27.9 Å². The molecule has 0 unspecified atom stereocenters. The summed E-state index contributed by atoms with van der Waals surface area (Å²) in [7, 11) is 0. The second kappa shape index (κ2) is 8.44. The normalized spacial score (nSPS) is 14.2. The molecule has 0 saturated carbocycles. The summed E-state index contributed by atoms with van der Waals surface area (Å²) in [5.74, 6) is -0.0347. The lowest BCUT2D eigenvalue weighted by molar-refractivity contribution is -0.134. The molecule has 0 aromatic heterocycles. The van der Waals surface area contributed by atoms with Crippen LogP contribution in [-0.2, 0) is 16.0 Å². The topological polar surface area (TPSA) is 58.6 Å². The summed E-state index contributed by atoms with van der Waals surface area (Å²) in [5, 5.41) is 2.87. The molecule has 0 radical (unpaired) electrons. The maximum Gasteiger partial charge on any atom is 0.255 e. The van der Waals surface area contributed by atoms with Gasteiger partial charge in [0.25, 0.3) is 5.91 Å². The molecule has 1 aliphatic heterocycles. The maximum atomic E-state index is 12.2. The molecule has 25 heavy (non-hydrogen) atoms. The van der Waals surface area contributed by atoms with Crippen molar-refractivity contribution in [2.24, 2.45) is 0 Å². The number of carbonyl (C=O) groups is 2. The fourth-order valence-corrected chi connectivity index (χ4v) is 2.97. The van der Waals surface area contributed by atoms with Gasteiger partial charge in [-0.15, -0.1) is 0 Å². The smallest absolute Gasteiger partial charge is 0.255 e. The third kappa shape index (κ3) is 5.02. The second-order valence-corrected chi connectivity index (χ2v) is 7.07. The van der Waals surface area contributed by atoms with Gasteiger partial charge >= 0.3 is 0 Å². The summed E-state index contributed by atoms with van der Waals surface area (Å²) in [6.45, 7) is 2.52. The van der Waals surface area contributed by atoms with Crippen LogP contribution >= 0.6 is 22.6 Å². The van der Waals surface area contributed by atoms with Crippen molar-refractivity contribution < 1.29 is 14.3 Å². The molecule has 1 heterocycles. The largest absolute Gasteiger partial charge is 0.378 e. The molecule has 130 valence electrons. The van der Waals surface area contributed by atoms with Crippen molar-refractivity contribution in [1.29, 1.82) is 0 Å². The highest BCUT2D eigenvalue weighted by atomic mass is 127. The first-order chi connectivity index (χ1) is 12.1. The molecule has 2 amide bonds. The van der Waals surface area contributed by atoms with E-state index >= 15 is 0 Å². The van der Waals surface area contributed by atoms with E-state index in [1.54, 1.807) is 12.1 Å². The predicted octanol–water partition coefficient (Wildman–Crippen LogP) is 2.94. The van der Waals surface area contributed by atoms with Crippen molar-refractivity contribution in [3.8, 4) is 0 Å². The van der Waals surface area contributed by atoms with Gasteiger partial charge in [-0.25, -0.2) is 0 Å². The van der Waals surface area contributed by atoms with E-state index in [2.05, 4.69) is 27.9 Å². The van der Waals surface area contributed by atoms with Gasteiger partial charge in [-0.05, 0) is 64.6 Å². The minimum Gasteiger partial charge on any atom is -0.378 e. The van der Waals surface area contributed by atoms with Crippen LogP contribution in [-0.4, -0.2) is 43.0 Å². The number of hydrogen-bond acceptors (Lipinski definition) is 3. The van der Waals surface area contributed by atoms with Crippen molar-refractivity contribution in [3.63, 3.8) is 0 Å². The number of benzene rings is 2. The summed E-state index contributed by atoms with van der Waals surface area (Å²) in [5.41, 5.74) is 2.27. The Morgan fingerprint density at radius 3 is 2.28 bits per heavy atom. The number of amides is 2. The lowest BCUT2D eigenvalue weighted by Crippen LogP contribution is -2.41. The fraction of sp³-hybridized carbons (Fsp3) is 0.263. The number of carbonyl (C=O) groups excluding carboxylic acids is 2. The first-order valence-corrected chi connectivity index (χ1v) is 9.21. The van der Waals surface area contributed by atoms with Crippen molar-refractivity contribution in [1.82, 2.24) is 4.90 Å². The van der Waals surface area contributed by atoms with Crippen LogP contribution in [0.5, 0.6) is 0 Å². The van der Waals surface area contributed by atoms with Crippen LogP contribution in [0.25, 0.3) is 0 Å².